The minimum absolute atomic E-state index is 0.124. The van der Waals surface area contributed by atoms with Crippen LogP contribution < -0.4 is 0 Å². The highest BCUT2D eigenvalue weighted by Gasteiger charge is 2.50. The number of hydrogen-bond acceptors (Lipinski definition) is 4. The first-order valence-electron chi connectivity index (χ1n) is 9.17. The van der Waals surface area contributed by atoms with Crippen LogP contribution in [-0.4, -0.2) is 41.3 Å². The third-order valence-corrected chi connectivity index (χ3v) is 5.42. The maximum Gasteiger partial charge on any atom is 0.108 e. The maximum atomic E-state index is 6.34. The number of aryl methyl sites for hydroxylation is 1. The fourth-order valence-electron chi connectivity index (χ4n) is 4.04. The predicted molar refractivity (Wildman–Crippen MR) is 97.2 cm³/mol. The zero-order valence-corrected chi connectivity index (χ0v) is 14.9. The Hall–Kier alpha value is -1.75. The molecule has 2 saturated heterocycles. The molecule has 0 aliphatic carbocycles. The molecule has 0 unspecified atom stereocenters. The van der Waals surface area contributed by atoms with Gasteiger partial charge in [-0.1, -0.05) is 36.4 Å². The third-order valence-electron chi connectivity index (χ3n) is 5.42. The van der Waals surface area contributed by atoms with Crippen molar-refractivity contribution in [2.75, 3.05) is 19.7 Å². The Morgan fingerprint density at radius 3 is 2.88 bits per heavy atom. The van der Waals surface area contributed by atoms with Gasteiger partial charge in [0.2, 0.25) is 0 Å². The molecule has 2 aromatic rings. The number of likely N-dealkylation sites (tertiary alicyclic amines) is 1. The van der Waals surface area contributed by atoms with E-state index in [2.05, 4.69) is 47.1 Å². The number of nitrogens with zero attached hydrogens (tertiary/aromatic N) is 2. The molecular formula is C21H26N2O2. The lowest BCUT2D eigenvalue weighted by Crippen LogP contribution is -2.42. The van der Waals surface area contributed by atoms with Crippen LogP contribution >= 0.6 is 0 Å². The van der Waals surface area contributed by atoms with E-state index in [0.29, 0.717) is 6.61 Å². The number of aromatic nitrogens is 1. The van der Waals surface area contributed by atoms with Gasteiger partial charge in [-0.15, -0.1) is 0 Å². The summed E-state index contributed by atoms with van der Waals surface area (Å²) in [6.45, 7) is 6.33. The summed E-state index contributed by atoms with van der Waals surface area (Å²) in [4.78, 5) is 6.99. The predicted octanol–water partition coefficient (Wildman–Crippen LogP) is 3.34. The summed E-state index contributed by atoms with van der Waals surface area (Å²) in [5, 5.41) is 0. The van der Waals surface area contributed by atoms with Crippen molar-refractivity contribution in [3.8, 4) is 0 Å². The summed E-state index contributed by atoms with van der Waals surface area (Å²) in [6, 6.07) is 14.5. The second kappa shape index (κ2) is 7.24. The van der Waals surface area contributed by atoms with E-state index in [9.17, 15) is 0 Å². The smallest absolute Gasteiger partial charge is 0.108 e. The van der Waals surface area contributed by atoms with Gasteiger partial charge in [0.15, 0.2) is 0 Å². The molecule has 0 bridgehead atoms. The standard InChI is InChI=1S/C21H26N2O2/c1-17-7-5-11-22-19(17)13-23-14-20(21(16-23)10-6-12-25-21)24-15-18-8-3-2-4-9-18/h2-5,7-9,11,20H,6,10,12-16H2,1H3/t20-,21-/m0/s1. The molecule has 0 amide bonds. The highest BCUT2D eigenvalue weighted by atomic mass is 16.6. The molecule has 2 aliphatic heterocycles. The minimum atomic E-state index is -0.141. The zero-order chi connectivity index (χ0) is 17.1. The second-order valence-corrected chi connectivity index (χ2v) is 7.24. The van der Waals surface area contributed by atoms with Crippen molar-refractivity contribution in [1.82, 2.24) is 9.88 Å². The van der Waals surface area contributed by atoms with E-state index in [0.717, 1.165) is 44.8 Å². The summed E-state index contributed by atoms with van der Waals surface area (Å²) < 4.78 is 12.6. The summed E-state index contributed by atoms with van der Waals surface area (Å²) in [7, 11) is 0. The molecule has 4 heteroatoms. The SMILES string of the molecule is Cc1cccnc1CN1C[C@H](OCc2ccccc2)[C@]2(CCCO2)C1. The number of rotatable bonds is 5. The van der Waals surface area contributed by atoms with Crippen molar-refractivity contribution in [2.45, 2.75) is 44.6 Å². The molecule has 25 heavy (non-hydrogen) atoms. The average Bonchev–Trinajstić information content (AvgIpc) is 3.24. The molecule has 0 N–H and O–H groups in total. The van der Waals surface area contributed by atoms with Gasteiger partial charge in [0, 0.05) is 32.4 Å². The molecular weight excluding hydrogens is 312 g/mol. The first kappa shape index (κ1) is 16.7. The van der Waals surface area contributed by atoms with Crippen molar-refractivity contribution in [3.63, 3.8) is 0 Å². The molecule has 3 heterocycles. The summed E-state index contributed by atoms with van der Waals surface area (Å²) in [5.74, 6) is 0. The number of pyridine rings is 1. The molecule has 0 saturated carbocycles. The Bertz CT molecular complexity index is 698. The van der Waals surface area contributed by atoms with Gasteiger partial charge in [-0.3, -0.25) is 9.88 Å². The molecule has 2 aliphatic rings. The largest absolute Gasteiger partial charge is 0.371 e. The van der Waals surface area contributed by atoms with Gasteiger partial charge in [-0.25, -0.2) is 0 Å². The van der Waals surface area contributed by atoms with Crippen LogP contribution in [0.2, 0.25) is 0 Å². The van der Waals surface area contributed by atoms with Crippen LogP contribution in [0.1, 0.15) is 29.7 Å². The lowest BCUT2D eigenvalue weighted by molar-refractivity contribution is -0.0959. The molecule has 0 radical (unpaired) electrons. The Kier molecular flexibility index (Phi) is 4.84. The average molecular weight is 338 g/mol. The maximum absolute atomic E-state index is 6.34. The monoisotopic (exact) mass is 338 g/mol. The van der Waals surface area contributed by atoms with E-state index >= 15 is 0 Å². The van der Waals surface area contributed by atoms with Crippen LogP contribution in [0.15, 0.2) is 48.7 Å². The van der Waals surface area contributed by atoms with Gasteiger partial charge in [-0.05, 0) is 37.0 Å². The Morgan fingerprint density at radius 2 is 2.12 bits per heavy atom. The molecule has 4 rings (SSSR count). The van der Waals surface area contributed by atoms with Crippen LogP contribution in [-0.2, 0) is 22.6 Å². The molecule has 1 aromatic carbocycles. The lowest BCUT2D eigenvalue weighted by Gasteiger charge is -2.29. The van der Waals surface area contributed by atoms with Crippen molar-refractivity contribution < 1.29 is 9.47 Å². The first-order valence-corrected chi connectivity index (χ1v) is 9.17. The normalized spacial score (nSPS) is 26.5. The topological polar surface area (TPSA) is 34.6 Å². The molecule has 4 nitrogen and oxygen atoms in total. The highest BCUT2D eigenvalue weighted by Crippen LogP contribution is 2.38. The van der Waals surface area contributed by atoms with Crippen LogP contribution in [0.5, 0.6) is 0 Å². The van der Waals surface area contributed by atoms with E-state index in [1.54, 1.807) is 0 Å². The van der Waals surface area contributed by atoms with Crippen LogP contribution in [0.25, 0.3) is 0 Å². The van der Waals surface area contributed by atoms with E-state index in [-0.39, 0.29) is 11.7 Å². The van der Waals surface area contributed by atoms with Gasteiger partial charge in [0.1, 0.15) is 11.7 Å². The van der Waals surface area contributed by atoms with Crippen molar-refractivity contribution in [1.29, 1.82) is 0 Å². The molecule has 132 valence electrons. The molecule has 1 spiro atoms. The molecule has 1 aromatic heterocycles. The van der Waals surface area contributed by atoms with E-state index < -0.39 is 0 Å². The fourth-order valence-corrected chi connectivity index (χ4v) is 4.04. The van der Waals surface area contributed by atoms with Crippen molar-refractivity contribution >= 4 is 0 Å². The molecule has 2 fully saturated rings. The van der Waals surface area contributed by atoms with E-state index in [1.165, 1.54) is 11.1 Å². The van der Waals surface area contributed by atoms with Gasteiger partial charge in [0.05, 0.1) is 12.3 Å². The minimum Gasteiger partial charge on any atom is -0.371 e. The Labute approximate surface area is 149 Å². The van der Waals surface area contributed by atoms with E-state index in [1.807, 2.05) is 18.3 Å². The number of ether oxygens (including phenoxy) is 2. The summed E-state index contributed by atoms with van der Waals surface area (Å²) >= 11 is 0. The fraction of sp³-hybridized carbons (Fsp3) is 0.476. The van der Waals surface area contributed by atoms with Gasteiger partial charge < -0.3 is 9.47 Å². The first-order chi connectivity index (χ1) is 12.3. The van der Waals surface area contributed by atoms with Crippen molar-refractivity contribution in [2.24, 2.45) is 0 Å². The Balaban J connectivity index is 1.45. The van der Waals surface area contributed by atoms with Crippen LogP contribution in [0, 0.1) is 6.92 Å². The lowest BCUT2D eigenvalue weighted by atomic mass is 9.96. The van der Waals surface area contributed by atoms with Crippen LogP contribution in [0.4, 0.5) is 0 Å². The number of benzene rings is 1. The zero-order valence-electron chi connectivity index (χ0n) is 14.9. The summed E-state index contributed by atoms with van der Waals surface area (Å²) in [6.07, 6.45) is 4.22. The third kappa shape index (κ3) is 3.61. The van der Waals surface area contributed by atoms with Gasteiger partial charge in [-0.2, -0.15) is 0 Å². The van der Waals surface area contributed by atoms with Gasteiger partial charge in [0.25, 0.3) is 0 Å². The Morgan fingerprint density at radius 1 is 1.24 bits per heavy atom. The van der Waals surface area contributed by atoms with Crippen molar-refractivity contribution in [3.05, 3.63) is 65.5 Å². The number of hydrogen-bond donors (Lipinski definition) is 0. The van der Waals surface area contributed by atoms with E-state index in [4.69, 9.17) is 9.47 Å². The second-order valence-electron chi connectivity index (χ2n) is 7.24. The molecule has 2 atom stereocenters. The van der Waals surface area contributed by atoms with Crippen LogP contribution in [0.3, 0.4) is 0 Å². The quantitative estimate of drug-likeness (QED) is 0.837. The summed E-state index contributed by atoms with van der Waals surface area (Å²) in [5.41, 5.74) is 3.48. The van der Waals surface area contributed by atoms with Gasteiger partial charge >= 0.3 is 0 Å². The highest BCUT2D eigenvalue weighted by molar-refractivity contribution is 5.18.